The average Bonchev–Trinajstić information content (AvgIpc) is 2.53. The summed E-state index contributed by atoms with van der Waals surface area (Å²) < 4.78 is 63.5. The highest BCUT2D eigenvalue weighted by Gasteiger charge is 2.34. The van der Waals surface area contributed by atoms with Crippen LogP contribution in [0.2, 0.25) is 0 Å². The molecule has 0 unspecified atom stereocenters. The molecular formula is C17H22F3NO3S. The Balaban J connectivity index is 2.08. The van der Waals surface area contributed by atoms with Crippen LogP contribution < -0.4 is 0 Å². The van der Waals surface area contributed by atoms with E-state index in [4.69, 9.17) is 0 Å². The number of alkyl halides is 3. The molecule has 0 saturated heterocycles. The van der Waals surface area contributed by atoms with Gasteiger partial charge in [-0.2, -0.15) is 13.2 Å². The molecule has 2 rings (SSSR count). The molecule has 1 aliphatic carbocycles. The molecule has 1 aromatic carbocycles. The molecule has 0 aromatic heterocycles. The molecule has 0 spiro atoms. The summed E-state index contributed by atoms with van der Waals surface area (Å²) >= 11 is 0. The first-order valence-corrected chi connectivity index (χ1v) is 10.0. The summed E-state index contributed by atoms with van der Waals surface area (Å²) in [5.41, 5.74) is -1.31. The number of hydrogen-bond acceptors (Lipinski definition) is 3. The molecule has 25 heavy (non-hydrogen) atoms. The normalized spacial score (nSPS) is 16.6. The highest BCUT2D eigenvalue weighted by molar-refractivity contribution is 7.91. The summed E-state index contributed by atoms with van der Waals surface area (Å²) in [5.74, 6) is -2.13. The number of amides is 1. The van der Waals surface area contributed by atoms with Crippen LogP contribution in [0.15, 0.2) is 24.3 Å². The second-order valence-corrected chi connectivity index (χ2v) is 8.55. The Labute approximate surface area is 145 Å². The monoisotopic (exact) mass is 377 g/mol. The zero-order valence-electron chi connectivity index (χ0n) is 14.1. The van der Waals surface area contributed by atoms with E-state index in [0.29, 0.717) is 0 Å². The summed E-state index contributed by atoms with van der Waals surface area (Å²) in [4.78, 5) is 13.7. The first-order chi connectivity index (χ1) is 11.6. The van der Waals surface area contributed by atoms with Gasteiger partial charge in [0.05, 0.1) is 11.3 Å². The highest BCUT2D eigenvalue weighted by Crippen LogP contribution is 2.32. The van der Waals surface area contributed by atoms with Crippen LogP contribution >= 0.6 is 0 Å². The lowest BCUT2D eigenvalue weighted by atomic mass is 9.94. The smallest absolute Gasteiger partial charge is 0.342 e. The van der Waals surface area contributed by atoms with E-state index in [0.717, 1.165) is 44.2 Å². The van der Waals surface area contributed by atoms with E-state index in [2.05, 4.69) is 0 Å². The SMILES string of the molecule is CN(C(=O)CS(=O)(=O)Cc1ccccc1C(F)(F)F)C1CCCCC1. The van der Waals surface area contributed by atoms with Crippen LogP contribution in [0.5, 0.6) is 0 Å². The second-order valence-electron chi connectivity index (χ2n) is 6.48. The molecule has 1 fully saturated rings. The van der Waals surface area contributed by atoms with Crippen LogP contribution in [0.3, 0.4) is 0 Å². The van der Waals surface area contributed by atoms with Crippen LogP contribution in [-0.4, -0.2) is 38.1 Å². The first kappa shape index (κ1) is 19.8. The van der Waals surface area contributed by atoms with E-state index in [-0.39, 0.29) is 11.6 Å². The summed E-state index contributed by atoms with van der Waals surface area (Å²) in [6.45, 7) is 0. The molecule has 1 aliphatic rings. The maximum absolute atomic E-state index is 13.0. The molecule has 4 nitrogen and oxygen atoms in total. The van der Waals surface area contributed by atoms with Gasteiger partial charge in [-0.15, -0.1) is 0 Å². The van der Waals surface area contributed by atoms with Gasteiger partial charge >= 0.3 is 6.18 Å². The number of sulfone groups is 1. The lowest BCUT2D eigenvalue weighted by molar-refractivity contribution is -0.138. The summed E-state index contributed by atoms with van der Waals surface area (Å²) in [5, 5.41) is 0. The molecular weight excluding hydrogens is 355 g/mol. The van der Waals surface area contributed by atoms with Gasteiger partial charge in [-0.3, -0.25) is 4.79 Å². The maximum Gasteiger partial charge on any atom is 0.416 e. The van der Waals surface area contributed by atoms with Gasteiger partial charge in [0, 0.05) is 13.1 Å². The van der Waals surface area contributed by atoms with Crippen molar-refractivity contribution in [2.75, 3.05) is 12.8 Å². The first-order valence-electron chi connectivity index (χ1n) is 8.21. The molecule has 1 aromatic rings. The molecule has 140 valence electrons. The number of hydrogen-bond donors (Lipinski definition) is 0. The molecule has 0 bridgehead atoms. The average molecular weight is 377 g/mol. The van der Waals surface area contributed by atoms with Crippen LogP contribution in [0, 0.1) is 0 Å². The zero-order valence-corrected chi connectivity index (χ0v) is 14.9. The van der Waals surface area contributed by atoms with Crippen molar-refractivity contribution in [3.05, 3.63) is 35.4 Å². The van der Waals surface area contributed by atoms with Crippen LogP contribution in [0.4, 0.5) is 13.2 Å². The molecule has 1 saturated carbocycles. The Morgan fingerprint density at radius 3 is 2.36 bits per heavy atom. The van der Waals surface area contributed by atoms with Crippen molar-refractivity contribution >= 4 is 15.7 Å². The number of rotatable bonds is 5. The summed E-state index contributed by atoms with van der Waals surface area (Å²) in [6, 6.07) is 4.56. The fraction of sp³-hybridized carbons (Fsp3) is 0.588. The third-order valence-electron chi connectivity index (χ3n) is 4.56. The minimum Gasteiger partial charge on any atom is -0.342 e. The third-order valence-corrected chi connectivity index (χ3v) is 5.99. The van der Waals surface area contributed by atoms with E-state index in [1.807, 2.05) is 0 Å². The zero-order chi connectivity index (χ0) is 18.7. The quantitative estimate of drug-likeness (QED) is 0.790. The lowest BCUT2D eigenvalue weighted by Gasteiger charge is -2.31. The van der Waals surface area contributed by atoms with Crippen molar-refractivity contribution in [3.8, 4) is 0 Å². The molecule has 1 amide bonds. The maximum atomic E-state index is 13.0. The van der Waals surface area contributed by atoms with Gasteiger partial charge in [0.1, 0.15) is 5.75 Å². The minimum atomic E-state index is -4.63. The predicted octanol–water partition coefficient (Wildman–Crippen LogP) is 3.41. The Kier molecular flexibility index (Phi) is 6.13. The van der Waals surface area contributed by atoms with E-state index < -0.39 is 39.0 Å². The van der Waals surface area contributed by atoms with Gasteiger partial charge in [-0.1, -0.05) is 37.5 Å². The molecule has 0 atom stereocenters. The van der Waals surface area contributed by atoms with E-state index in [1.54, 1.807) is 7.05 Å². The second kappa shape index (κ2) is 7.76. The molecule has 0 aliphatic heterocycles. The fourth-order valence-electron chi connectivity index (χ4n) is 3.17. The van der Waals surface area contributed by atoms with Crippen LogP contribution in [0.25, 0.3) is 0 Å². The van der Waals surface area contributed by atoms with Gasteiger partial charge in [0.2, 0.25) is 5.91 Å². The van der Waals surface area contributed by atoms with Crippen molar-refractivity contribution < 1.29 is 26.4 Å². The van der Waals surface area contributed by atoms with Crippen molar-refractivity contribution in [3.63, 3.8) is 0 Å². The Hall–Kier alpha value is -1.57. The number of halogens is 3. The molecule has 0 N–H and O–H groups in total. The highest BCUT2D eigenvalue weighted by atomic mass is 32.2. The predicted molar refractivity (Wildman–Crippen MR) is 88.6 cm³/mol. The Morgan fingerprint density at radius 2 is 1.76 bits per heavy atom. The Morgan fingerprint density at radius 1 is 1.16 bits per heavy atom. The Bertz CT molecular complexity index is 710. The van der Waals surface area contributed by atoms with Crippen molar-refractivity contribution in [2.24, 2.45) is 0 Å². The van der Waals surface area contributed by atoms with E-state index in [9.17, 15) is 26.4 Å². The molecule has 0 heterocycles. The van der Waals surface area contributed by atoms with Crippen molar-refractivity contribution in [1.82, 2.24) is 4.90 Å². The van der Waals surface area contributed by atoms with Crippen LogP contribution in [0.1, 0.15) is 43.2 Å². The third kappa shape index (κ3) is 5.45. The summed E-state index contributed by atoms with van der Waals surface area (Å²) in [6.07, 6.45) is 0.125. The minimum absolute atomic E-state index is 0.0129. The topological polar surface area (TPSA) is 54.5 Å². The molecule has 8 heteroatoms. The number of carbonyl (C=O) groups excluding carboxylic acids is 1. The van der Waals surface area contributed by atoms with Crippen LogP contribution in [-0.2, 0) is 26.6 Å². The fourth-order valence-corrected chi connectivity index (χ4v) is 4.58. The number of nitrogens with zero attached hydrogens (tertiary/aromatic N) is 1. The van der Waals surface area contributed by atoms with Gasteiger partial charge in [-0.25, -0.2) is 8.42 Å². The van der Waals surface area contributed by atoms with Gasteiger partial charge in [0.15, 0.2) is 9.84 Å². The van der Waals surface area contributed by atoms with Crippen molar-refractivity contribution in [1.29, 1.82) is 0 Å². The standard InChI is InChI=1S/C17H22F3NO3S/c1-21(14-8-3-2-4-9-14)16(22)12-25(23,24)11-13-7-5-6-10-15(13)17(18,19)20/h5-7,10,14H,2-4,8-9,11-12H2,1H3. The summed E-state index contributed by atoms with van der Waals surface area (Å²) in [7, 11) is -2.42. The largest absolute Gasteiger partial charge is 0.416 e. The van der Waals surface area contributed by atoms with Gasteiger partial charge in [-0.05, 0) is 24.5 Å². The molecule has 0 radical (unpaired) electrons. The van der Waals surface area contributed by atoms with E-state index >= 15 is 0 Å². The van der Waals surface area contributed by atoms with Crippen molar-refractivity contribution in [2.45, 2.75) is 50.1 Å². The van der Waals surface area contributed by atoms with Gasteiger partial charge in [0.25, 0.3) is 0 Å². The number of carbonyl (C=O) groups is 1. The lowest BCUT2D eigenvalue weighted by Crippen LogP contribution is -2.41. The van der Waals surface area contributed by atoms with Gasteiger partial charge < -0.3 is 4.90 Å². The number of benzene rings is 1. The van der Waals surface area contributed by atoms with E-state index in [1.165, 1.54) is 17.0 Å².